The SMILES string of the molecule is CSC1(CNc2ccc(N)nn2)CC1. The molecular weight excluding hydrogens is 196 g/mol. The van der Waals surface area contributed by atoms with Crippen molar-refractivity contribution in [2.24, 2.45) is 0 Å². The molecule has 1 aromatic heterocycles. The number of aromatic nitrogens is 2. The van der Waals surface area contributed by atoms with E-state index in [0.29, 0.717) is 10.6 Å². The topological polar surface area (TPSA) is 63.8 Å². The largest absolute Gasteiger partial charge is 0.382 e. The summed E-state index contributed by atoms with van der Waals surface area (Å²) in [6.07, 6.45) is 4.75. The molecule has 5 heteroatoms. The molecule has 1 fully saturated rings. The Hall–Kier alpha value is -0.970. The minimum atomic E-state index is 0.447. The maximum Gasteiger partial charge on any atom is 0.148 e. The number of nitrogens with one attached hydrogen (secondary N) is 1. The van der Waals surface area contributed by atoms with Crippen LogP contribution in [0.5, 0.6) is 0 Å². The van der Waals surface area contributed by atoms with E-state index in [1.165, 1.54) is 12.8 Å². The maximum atomic E-state index is 5.44. The maximum absolute atomic E-state index is 5.44. The van der Waals surface area contributed by atoms with Crippen LogP contribution < -0.4 is 11.1 Å². The van der Waals surface area contributed by atoms with Crippen molar-refractivity contribution >= 4 is 23.4 Å². The molecule has 3 N–H and O–H groups in total. The van der Waals surface area contributed by atoms with Crippen LogP contribution in [-0.2, 0) is 0 Å². The summed E-state index contributed by atoms with van der Waals surface area (Å²) in [7, 11) is 0. The summed E-state index contributed by atoms with van der Waals surface area (Å²) in [6.45, 7) is 0.965. The van der Waals surface area contributed by atoms with Gasteiger partial charge in [0.05, 0.1) is 0 Å². The van der Waals surface area contributed by atoms with Gasteiger partial charge in [-0.15, -0.1) is 10.2 Å². The molecule has 76 valence electrons. The van der Waals surface area contributed by atoms with E-state index in [1.807, 2.05) is 17.8 Å². The van der Waals surface area contributed by atoms with E-state index in [-0.39, 0.29) is 0 Å². The van der Waals surface area contributed by atoms with Crippen molar-refractivity contribution in [3.63, 3.8) is 0 Å². The molecule has 4 nitrogen and oxygen atoms in total. The van der Waals surface area contributed by atoms with Gasteiger partial charge >= 0.3 is 0 Å². The summed E-state index contributed by atoms with van der Waals surface area (Å²) in [4.78, 5) is 0. The van der Waals surface area contributed by atoms with E-state index in [0.717, 1.165) is 12.4 Å². The zero-order chi connectivity index (χ0) is 10.0. The van der Waals surface area contributed by atoms with Crippen molar-refractivity contribution in [2.75, 3.05) is 23.9 Å². The Labute approximate surface area is 87.7 Å². The van der Waals surface area contributed by atoms with Crippen molar-refractivity contribution in [1.82, 2.24) is 10.2 Å². The van der Waals surface area contributed by atoms with Gasteiger partial charge in [0.1, 0.15) is 11.6 Å². The third-order valence-electron chi connectivity index (χ3n) is 2.52. The molecule has 1 aromatic rings. The van der Waals surface area contributed by atoms with Gasteiger partial charge in [0.25, 0.3) is 0 Å². The molecule has 2 rings (SSSR count). The van der Waals surface area contributed by atoms with E-state index >= 15 is 0 Å². The van der Waals surface area contributed by atoms with Gasteiger partial charge in [-0.3, -0.25) is 0 Å². The molecule has 0 spiro atoms. The van der Waals surface area contributed by atoms with Gasteiger partial charge in [-0.05, 0) is 31.2 Å². The van der Waals surface area contributed by atoms with Gasteiger partial charge in [0, 0.05) is 11.3 Å². The molecule has 0 saturated heterocycles. The first-order valence-corrected chi connectivity index (χ1v) is 5.85. The van der Waals surface area contributed by atoms with Crippen molar-refractivity contribution in [2.45, 2.75) is 17.6 Å². The van der Waals surface area contributed by atoms with Crippen LogP contribution in [0.15, 0.2) is 12.1 Å². The van der Waals surface area contributed by atoms with Crippen LogP contribution in [0.3, 0.4) is 0 Å². The monoisotopic (exact) mass is 210 g/mol. The van der Waals surface area contributed by atoms with E-state index in [9.17, 15) is 0 Å². The first-order chi connectivity index (χ1) is 6.74. The molecule has 1 heterocycles. The van der Waals surface area contributed by atoms with Crippen LogP contribution in [-0.4, -0.2) is 27.7 Å². The van der Waals surface area contributed by atoms with E-state index in [4.69, 9.17) is 5.73 Å². The zero-order valence-electron chi connectivity index (χ0n) is 8.16. The third-order valence-corrected chi connectivity index (χ3v) is 3.94. The molecule has 1 saturated carbocycles. The Kier molecular flexibility index (Phi) is 2.50. The highest BCUT2D eigenvalue weighted by atomic mass is 32.2. The zero-order valence-corrected chi connectivity index (χ0v) is 8.97. The number of nitrogens with zero attached hydrogens (tertiary/aromatic N) is 2. The van der Waals surface area contributed by atoms with E-state index in [1.54, 1.807) is 6.07 Å². The minimum absolute atomic E-state index is 0.447. The molecule has 0 radical (unpaired) electrons. The summed E-state index contributed by atoms with van der Waals surface area (Å²) in [6, 6.07) is 3.62. The highest BCUT2D eigenvalue weighted by Gasteiger charge is 2.41. The van der Waals surface area contributed by atoms with Gasteiger partial charge < -0.3 is 11.1 Å². The summed E-state index contributed by atoms with van der Waals surface area (Å²) in [5, 5.41) is 11.0. The molecular formula is C9H14N4S. The Morgan fingerprint density at radius 3 is 2.79 bits per heavy atom. The number of rotatable bonds is 4. The molecule has 0 aliphatic heterocycles. The molecule has 0 unspecified atom stereocenters. The number of nitrogens with two attached hydrogens (primary N) is 1. The van der Waals surface area contributed by atoms with Gasteiger partial charge in [-0.1, -0.05) is 0 Å². The second-order valence-corrected chi connectivity index (χ2v) is 4.86. The molecule has 0 atom stereocenters. The lowest BCUT2D eigenvalue weighted by molar-refractivity contribution is 0.924. The highest BCUT2D eigenvalue weighted by Crippen LogP contribution is 2.46. The van der Waals surface area contributed by atoms with E-state index in [2.05, 4.69) is 21.8 Å². The first kappa shape index (κ1) is 9.58. The van der Waals surface area contributed by atoms with E-state index < -0.39 is 0 Å². The van der Waals surface area contributed by atoms with Crippen molar-refractivity contribution in [3.05, 3.63) is 12.1 Å². The van der Waals surface area contributed by atoms with Gasteiger partial charge in [-0.25, -0.2) is 0 Å². The molecule has 1 aliphatic carbocycles. The summed E-state index contributed by atoms with van der Waals surface area (Å²) >= 11 is 1.93. The number of hydrogen-bond acceptors (Lipinski definition) is 5. The third kappa shape index (κ3) is 2.09. The van der Waals surface area contributed by atoms with Gasteiger partial charge in [0.2, 0.25) is 0 Å². The van der Waals surface area contributed by atoms with Crippen molar-refractivity contribution in [3.8, 4) is 0 Å². The van der Waals surface area contributed by atoms with Crippen molar-refractivity contribution < 1.29 is 0 Å². The second kappa shape index (κ2) is 3.65. The fourth-order valence-corrected chi connectivity index (χ4v) is 2.01. The Morgan fingerprint density at radius 2 is 2.29 bits per heavy atom. The Balaban J connectivity index is 1.89. The summed E-state index contributed by atoms with van der Waals surface area (Å²) < 4.78 is 0.447. The lowest BCUT2D eigenvalue weighted by Crippen LogP contribution is -2.18. The summed E-state index contributed by atoms with van der Waals surface area (Å²) in [5.74, 6) is 1.26. The minimum Gasteiger partial charge on any atom is -0.382 e. The predicted octanol–water partition coefficient (Wildman–Crippen LogP) is 1.37. The van der Waals surface area contributed by atoms with Crippen LogP contribution in [0.1, 0.15) is 12.8 Å². The normalized spacial score (nSPS) is 17.8. The number of nitrogen functional groups attached to an aromatic ring is 1. The number of hydrogen-bond donors (Lipinski definition) is 2. The fourth-order valence-electron chi connectivity index (χ4n) is 1.28. The molecule has 0 bridgehead atoms. The smallest absolute Gasteiger partial charge is 0.148 e. The average molecular weight is 210 g/mol. The molecule has 0 amide bonds. The number of thioether (sulfide) groups is 1. The highest BCUT2D eigenvalue weighted by molar-refractivity contribution is 8.00. The Bertz CT molecular complexity index is 307. The van der Waals surface area contributed by atoms with Crippen LogP contribution in [0.25, 0.3) is 0 Å². The average Bonchev–Trinajstić information content (AvgIpc) is 2.98. The van der Waals surface area contributed by atoms with Crippen molar-refractivity contribution in [1.29, 1.82) is 0 Å². The van der Waals surface area contributed by atoms with Gasteiger partial charge in [-0.2, -0.15) is 11.8 Å². The summed E-state index contributed by atoms with van der Waals surface area (Å²) in [5.41, 5.74) is 5.44. The standard InChI is InChI=1S/C9H14N4S/c1-14-9(4-5-9)6-11-8-3-2-7(10)12-13-8/h2-3H,4-6H2,1H3,(H2,10,12)(H,11,13). The van der Waals surface area contributed by atoms with Crippen LogP contribution in [0.2, 0.25) is 0 Å². The quantitative estimate of drug-likeness (QED) is 0.785. The predicted molar refractivity (Wildman–Crippen MR) is 60.4 cm³/mol. The van der Waals surface area contributed by atoms with Crippen LogP contribution in [0.4, 0.5) is 11.6 Å². The molecule has 1 aliphatic rings. The fraction of sp³-hybridized carbons (Fsp3) is 0.556. The van der Waals surface area contributed by atoms with Gasteiger partial charge in [0.15, 0.2) is 0 Å². The lowest BCUT2D eigenvalue weighted by Gasteiger charge is -2.12. The lowest BCUT2D eigenvalue weighted by atomic mass is 10.4. The molecule has 14 heavy (non-hydrogen) atoms. The van der Waals surface area contributed by atoms with Crippen LogP contribution in [0, 0.1) is 0 Å². The molecule has 0 aromatic carbocycles. The Morgan fingerprint density at radius 1 is 1.50 bits per heavy atom. The second-order valence-electron chi connectivity index (χ2n) is 3.58. The number of anilines is 2. The first-order valence-electron chi connectivity index (χ1n) is 4.62. The van der Waals surface area contributed by atoms with Crippen LogP contribution >= 0.6 is 11.8 Å².